The zero-order valence-electron chi connectivity index (χ0n) is 13.0. The van der Waals surface area contributed by atoms with Gasteiger partial charge in [0.05, 0.1) is 18.1 Å². The lowest BCUT2D eigenvalue weighted by atomic mass is 9.99. The number of amides is 3. The van der Waals surface area contributed by atoms with Gasteiger partial charge in [-0.05, 0) is 38.6 Å². The summed E-state index contributed by atoms with van der Waals surface area (Å²) in [6, 6.07) is -0.637. The summed E-state index contributed by atoms with van der Waals surface area (Å²) >= 11 is 0. The van der Waals surface area contributed by atoms with Gasteiger partial charge in [0, 0.05) is 0 Å². The van der Waals surface area contributed by atoms with E-state index >= 15 is 0 Å². The molecule has 1 rings (SSSR count). The van der Waals surface area contributed by atoms with E-state index in [1.54, 1.807) is 6.92 Å². The molecule has 7 nitrogen and oxygen atoms in total. The van der Waals surface area contributed by atoms with E-state index in [2.05, 4.69) is 16.0 Å². The van der Waals surface area contributed by atoms with Crippen LogP contribution in [0.2, 0.25) is 0 Å². The van der Waals surface area contributed by atoms with E-state index in [1.807, 2.05) is 13.8 Å². The zero-order chi connectivity index (χ0) is 16.0. The first-order chi connectivity index (χ1) is 9.74. The van der Waals surface area contributed by atoms with Crippen LogP contribution < -0.4 is 21.7 Å². The third-order valence-corrected chi connectivity index (χ3v) is 3.61. The maximum Gasteiger partial charge on any atom is 0.246 e. The number of carbonyl (C=O) groups excluding carboxylic acids is 3. The van der Waals surface area contributed by atoms with Crippen molar-refractivity contribution >= 4 is 17.7 Å². The second kappa shape index (κ2) is 7.51. The fraction of sp³-hybridized carbons (Fsp3) is 0.786. The minimum atomic E-state index is -0.701. The van der Waals surface area contributed by atoms with Gasteiger partial charge in [0.1, 0.15) is 0 Å². The van der Waals surface area contributed by atoms with Gasteiger partial charge in [-0.2, -0.15) is 0 Å². The summed E-state index contributed by atoms with van der Waals surface area (Å²) in [5.41, 5.74) is 5.00. The summed E-state index contributed by atoms with van der Waals surface area (Å²) in [7, 11) is 0. The maximum absolute atomic E-state index is 12.0. The molecule has 2 atom stereocenters. The Balaban J connectivity index is 2.34. The Labute approximate surface area is 125 Å². The fourth-order valence-corrected chi connectivity index (χ4v) is 2.31. The van der Waals surface area contributed by atoms with Crippen LogP contribution in [0, 0.1) is 5.92 Å². The lowest BCUT2D eigenvalue weighted by Gasteiger charge is -2.22. The average Bonchev–Trinajstić information content (AvgIpc) is 2.83. The molecule has 120 valence electrons. The molecule has 0 aromatic heterocycles. The Hall–Kier alpha value is -1.47. The lowest BCUT2D eigenvalue weighted by Crippen LogP contribution is -2.54. The van der Waals surface area contributed by atoms with Crippen LogP contribution in [0.1, 0.15) is 40.0 Å². The Morgan fingerprint density at radius 3 is 2.52 bits per heavy atom. The highest BCUT2D eigenvalue weighted by Gasteiger charge is 2.36. The fourth-order valence-electron chi connectivity index (χ4n) is 2.31. The van der Waals surface area contributed by atoms with Crippen molar-refractivity contribution in [1.82, 2.24) is 16.0 Å². The summed E-state index contributed by atoms with van der Waals surface area (Å²) < 4.78 is 0. The number of nitrogens with two attached hydrogens (primary N) is 1. The van der Waals surface area contributed by atoms with Crippen molar-refractivity contribution in [2.45, 2.75) is 51.6 Å². The molecule has 0 spiro atoms. The van der Waals surface area contributed by atoms with Crippen molar-refractivity contribution < 1.29 is 14.4 Å². The maximum atomic E-state index is 12.0. The van der Waals surface area contributed by atoms with Gasteiger partial charge in [0.15, 0.2) is 0 Å². The number of hydrogen-bond donors (Lipinski definition) is 4. The van der Waals surface area contributed by atoms with Crippen LogP contribution in [0.3, 0.4) is 0 Å². The molecule has 1 fully saturated rings. The first-order valence-corrected chi connectivity index (χ1v) is 7.37. The van der Waals surface area contributed by atoms with Crippen molar-refractivity contribution in [3.63, 3.8) is 0 Å². The number of carbonyl (C=O) groups is 3. The molecule has 3 amide bonds. The minimum absolute atomic E-state index is 0.244. The molecule has 1 heterocycles. The second-order valence-corrected chi connectivity index (χ2v) is 6.19. The molecule has 0 radical (unpaired) electrons. The molecule has 0 saturated carbocycles. The smallest absolute Gasteiger partial charge is 0.246 e. The monoisotopic (exact) mass is 298 g/mol. The largest absolute Gasteiger partial charge is 0.346 e. The standard InChI is InChI=1S/C14H26N4O3/c1-9(2)7-10(15)12(20)16-8-11(19)18-13(21)14(3)5-4-6-17-14/h9-10,17H,4-8,15H2,1-3H3,(H,16,20)(H,18,19,21)/t10-,14+/m0/s1. The molecule has 0 aromatic carbocycles. The highest BCUT2D eigenvalue weighted by Crippen LogP contribution is 2.18. The number of rotatable bonds is 6. The summed E-state index contributed by atoms with van der Waals surface area (Å²) in [6.45, 7) is 6.21. The van der Waals surface area contributed by atoms with Crippen LogP contribution in [-0.4, -0.2) is 42.4 Å². The molecular weight excluding hydrogens is 272 g/mol. The van der Waals surface area contributed by atoms with Crippen LogP contribution in [0.4, 0.5) is 0 Å². The Bertz CT molecular complexity index is 403. The third-order valence-electron chi connectivity index (χ3n) is 3.61. The second-order valence-electron chi connectivity index (χ2n) is 6.19. The van der Waals surface area contributed by atoms with Crippen LogP contribution >= 0.6 is 0 Å². The summed E-state index contributed by atoms with van der Waals surface area (Å²) in [5.74, 6) is -0.961. The minimum Gasteiger partial charge on any atom is -0.346 e. The van der Waals surface area contributed by atoms with Gasteiger partial charge in [0.2, 0.25) is 17.7 Å². The molecule has 0 unspecified atom stereocenters. The van der Waals surface area contributed by atoms with Gasteiger partial charge in [-0.15, -0.1) is 0 Å². The molecular formula is C14H26N4O3. The average molecular weight is 298 g/mol. The van der Waals surface area contributed by atoms with Crippen LogP contribution in [0.15, 0.2) is 0 Å². The van der Waals surface area contributed by atoms with E-state index in [1.165, 1.54) is 0 Å². The lowest BCUT2D eigenvalue weighted by molar-refractivity contribution is -0.134. The van der Waals surface area contributed by atoms with Crippen molar-refractivity contribution in [3.8, 4) is 0 Å². The number of nitrogens with one attached hydrogen (secondary N) is 3. The summed E-state index contributed by atoms with van der Waals surface area (Å²) in [5, 5.41) is 7.82. The van der Waals surface area contributed by atoms with Crippen molar-refractivity contribution in [2.75, 3.05) is 13.1 Å². The van der Waals surface area contributed by atoms with Gasteiger partial charge in [0.25, 0.3) is 0 Å². The normalized spacial score (nSPS) is 22.9. The first-order valence-electron chi connectivity index (χ1n) is 7.37. The quantitative estimate of drug-likeness (QED) is 0.516. The van der Waals surface area contributed by atoms with E-state index in [0.29, 0.717) is 18.8 Å². The van der Waals surface area contributed by atoms with E-state index in [0.717, 1.165) is 13.0 Å². The first kappa shape index (κ1) is 17.6. The topological polar surface area (TPSA) is 113 Å². The number of hydrogen-bond acceptors (Lipinski definition) is 5. The van der Waals surface area contributed by atoms with Crippen LogP contribution in [0.5, 0.6) is 0 Å². The summed E-state index contributed by atoms with van der Waals surface area (Å²) in [6.07, 6.45) is 2.14. The zero-order valence-corrected chi connectivity index (χ0v) is 13.0. The number of imide groups is 1. The van der Waals surface area contributed by atoms with Gasteiger partial charge >= 0.3 is 0 Å². The van der Waals surface area contributed by atoms with E-state index < -0.39 is 17.5 Å². The van der Waals surface area contributed by atoms with Crippen molar-refractivity contribution in [3.05, 3.63) is 0 Å². The molecule has 0 bridgehead atoms. The van der Waals surface area contributed by atoms with Crippen molar-refractivity contribution in [2.24, 2.45) is 11.7 Å². The molecule has 21 heavy (non-hydrogen) atoms. The van der Waals surface area contributed by atoms with Gasteiger partial charge < -0.3 is 16.4 Å². The molecule has 0 aromatic rings. The van der Waals surface area contributed by atoms with Crippen molar-refractivity contribution in [1.29, 1.82) is 0 Å². The van der Waals surface area contributed by atoms with Crippen LogP contribution in [-0.2, 0) is 14.4 Å². The predicted molar refractivity (Wildman–Crippen MR) is 79.2 cm³/mol. The SMILES string of the molecule is CC(C)C[C@H](N)C(=O)NCC(=O)NC(=O)[C@@]1(C)CCCN1. The van der Waals surface area contributed by atoms with Gasteiger partial charge in [-0.1, -0.05) is 13.8 Å². The molecule has 1 saturated heterocycles. The highest BCUT2D eigenvalue weighted by molar-refractivity contribution is 6.01. The van der Waals surface area contributed by atoms with Crippen LogP contribution in [0.25, 0.3) is 0 Å². The van der Waals surface area contributed by atoms with E-state index in [-0.39, 0.29) is 18.4 Å². The van der Waals surface area contributed by atoms with E-state index in [9.17, 15) is 14.4 Å². The highest BCUT2D eigenvalue weighted by atomic mass is 16.2. The third kappa shape index (κ3) is 5.43. The van der Waals surface area contributed by atoms with Gasteiger partial charge in [-0.3, -0.25) is 19.7 Å². The predicted octanol–water partition coefficient (Wildman–Crippen LogP) is -0.739. The van der Waals surface area contributed by atoms with Gasteiger partial charge in [-0.25, -0.2) is 0 Å². The Kier molecular flexibility index (Phi) is 6.29. The van der Waals surface area contributed by atoms with E-state index in [4.69, 9.17) is 5.73 Å². The Morgan fingerprint density at radius 1 is 1.33 bits per heavy atom. The molecule has 0 aliphatic carbocycles. The molecule has 7 heteroatoms. The molecule has 1 aliphatic heterocycles. The summed E-state index contributed by atoms with van der Waals surface area (Å²) in [4.78, 5) is 35.3. The molecule has 5 N–H and O–H groups in total. The molecule has 1 aliphatic rings. The Morgan fingerprint density at radius 2 is 2.00 bits per heavy atom.